The molecule has 11 heteroatoms. The van der Waals surface area contributed by atoms with Crippen LogP contribution in [0.2, 0.25) is 0 Å². The molecule has 5 rings (SSSR count). The molecule has 1 aliphatic heterocycles. The fraction of sp³-hybridized carbons (Fsp3) is 0.355. The molecule has 1 N–H and O–H groups in total. The van der Waals surface area contributed by atoms with Crippen LogP contribution >= 0.6 is 11.3 Å². The van der Waals surface area contributed by atoms with Gasteiger partial charge in [0.25, 0.3) is 16.1 Å². The average molecular weight is 832 g/mol. The maximum atomic E-state index is 13.8. The van der Waals surface area contributed by atoms with Gasteiger partial charge in [0.15, 0.2) is 0 Å². The largest absolute Gasteiger partial charge is 2.00 e. The molecular weight excluding hydrogens is 797 g/mol. The van der Waals surface area contributed by atoms with E-state index >= 15 is 0 Å². The molecule has 1 fully saturated rings. The standard InChI is InChI=1S/C31H35N3O5S2.U/c1-6-34(7-2)41(36,37)33-31(35)24-18-25(30-20(4)23-10-8-9-11-27(23)40-30)32-29-19(3)12-13-26(28(24)29)39-21(5)22-14-16-38-17-15-22;/h8-13,18,21-22H,1-2,6-7,14-17H2,3-5H3,(H,33,35);/q-2;+2/t21-;/m1./s1. The van der Waals surface area contributed by atoms with Crippen molar-refractivity contribution in [2.24, 2.45) is 5.92 Å². The van der Waals surface area contributed by atoms with E-state index in [0.717, 1.165) is 43.2 Å². The van der Waals surface area contributed by atoms with Gasteiger partial charge in [-0.2, -0.15) is 8.42 Å². The summed E-state index contributed by atoms with van der Waals surface area (Å²) >= 11 is 1.59. The maximum Gasteiger partial charge on any atom is 2.00 e. The number of rotatable bonds is 9. The van der Waals surface area contributed by atoms with Crippen LogP contribution in [0.5, 0.6) is 5.75 Å². The van der Waals surface area contributed by atoms with E-state index in [0.29, 0.717) is 41.5 Å². The molecule has 0 unspecified atom stereocenters. The smallest absolute Gasteiger partial charge is 0.490 e. The molecule has 1 saturated heterocycles. The van der Waals surface area contributed by atoms with Gasteiger partial charge in [0.05, 0.1) is 33.1 Å². The number of carbonyl (C=O) groups excluding carboxylic acids is 1. The minimum atomic E-state index is -4.17. The molecule has 220 valence electrons. The number of aryl methyl sites for hydroxylation is 2. The van der Waals surface area contributed by atoms with Crippen LogP contribution in [0, 0.1) is 64.7 Å². The predicted molar refractivity (Wildman–Crippen MR) is 164 cm³/mol. The zero-order valence-electron chi connectivity index (χ0n) is 24.1. The Morgan fingerprint density at radius 2 is 1.86 bits per heavy atom. The van der Waals surface area contributed by atoms with Crippen molar-refractivity contribution in [3.8, 4) is 16.3 Å². The summed E-state index contributed by atoms with van der Waals surface area (Å²) < 4.78 is 42.4. The van der Waals surface area contributed by atoms with Crippen molar-refractivity contribution in [1.82, 2.24) is 14.0 Å². The van der Waals surface area contributed by atoms with E-state index < -0.39 is 16.1 Å². The normalized spacial score (nSPS) is 15.1. The zero-order chi connectivity index (χ0) is 29.3. The number of amides is 1. The number of nitrogens with one attached hydrogen (secondary N) is 1. The molecule has 0 saturated carbocycles. The molecule has 1 amide bonds. The van der Waals surface area contributed by atoms with E-state index in [4.69, 9.17) is 14.5 Å². The van der Waals surface area contributed by atoms with Gasteiger partial charge >= 0.3 is 31.1 Å². The topological polar surface area (TPSA) is 97.8 Å². The Balaban J connectivity index is 0.00000405. The number of aromatic nitrogens is 1. The number of hydrogen-bond acceptors (Lipinski definition) is 7. The molecule has 2 aromatic carbocycles. The summed E-state index contributed by atoms with van der Waals surface area (Å²) in [5.74, 6) is 0.0257. The molecule has 1 atom stereocenters. The number of carbonyl (C=O) groups is 1. The zero-order valence-corrected chi connectivity index (χ0v) is 29.9. The molecule has 42 heavy (non-hydrogen) atoms. The second kappa shape index (κ2) is 13.8. The monoisotopic (exact) mass is 831 g/mol. The average Bonchev–Trinajstić information content (AvgIpc) is 3.31. The first-order valence-corrected chi connectivity index (χ1v) is 16.0. The molecule has 4 aromatic rings. The van der Waals surface area contributed by atoms with Crippen LogP contribution in [0.1, 0.15) is 41.3 Å². The molecule has 1 aliphatic rings. The number of fused-ring (bicyclic) bond motifs is 2. The number of benzene rings is 2. The number of hydrogen-bond donors (Lipinski definition) is 1. The maximum absolute atomic E-state index is 13.8. The molecule has 0 radical (unpaired) electrons. The van der Waals surface area contributed by atoms with Crippen molar-refractivity contribution in [2.45, 2.75) is 39.7 Å². The quantitative estimate of drug-likeness (QED) is 0.212. The number of ether oxygens (including phenoxy) is 2. The minimum Gasteiger partial charge on any atom is -0.490 e. The Kier molecular flexibility index (Phi) is 10.8. The van der Waals surface area contributed by atoms with Crippen molar-refractivity contribution in [3.05, 3.63) is 73.0 Å². The Labute approximate surface area is 275 Å². The fourth-order valence-corrected chi connectivity index (χ4v) is 7.45. The van der Waals surface area contributed by atoms with Crippen molar-refractivity contribution in [2.75, 3.05) is 26.3 Å². The van der Waals surface area contributed by atoms with Crippen LogP contribution in [0.4, 0.5) is 0 Å². The molecule has 0 bridgehead atoms. The Morgan fingerprint density at radius 1 is 1.17 bits per heavy atom. The van der Waals surface area contributed by atoms with E-state index in [-0.39, 0.29) is 55.9 Å². The molecule has 8 nitrogen and oxygen atoms in total. The van der Waals surface area contributed by atoms with Gasteiger partial charge in [-0.25, -0.2) is 14.0 Å². The first-order chi connectivity index (χ1) is 19.6. The van der Waals surface area contributed by atoms with Crippen molar-refractivity contribution < 1.29 is 53.8 Å². The van der Waals surface area contributed by atoms with E-state index in [9.17, 15) is 13.2 Å². The van der Waals surface area contributed by atoms with E-state index in [2.05, 4.69) is 30.7 Å². The Hall–Kier alpha value is -2.00. The predicted octanol–water partition coefficient (Wildman–Crippen LogP) is 5.87. The number of nitrogens with zero attached hydrogens (tertiary/aromatic N) is 2. The second-order valence-electron chi connectivity index (χ2n) is 10.3. The van der Waals surface area contributed by atoms with Crippen LogP contribution in [0.25, 0.3) is 31.6 Å². The molecular formula is C31H35N3O5S2U. The summed E-state index contributed by atoms with van der Waals surface area (Å²) in [5.41, 5.74) is 3.26. The number of thiophene rings is 1. The summed E-state index contributed by atoms with van der Waals surface area (Å²) in [6.45, 7) is 14.5. The summed E-state index contributed by atoms with van der Waals surface area (Å²) in [7, 11) is -4.17. The van der Waals surface area contributed by atoms with Gasteiger partial charge in [0.2, 0.25) is 0 Å². The molecule has 0 spiro atoms. The molecule has 0 aliphatic carbocycles. The van der Waals surface area contributed by atoms with Crippen LogP contribution in [-0.2, 0) is 14.9 Å². The van der Waals surface area contributed by atoms with Gasteiger partial charge in [-0.15, -0.1) is 24.4 Å². The summed E-state index contributed by atoms with van der Waals surface area (Å²) in [5, 5.41) is 1.60. The molecule has 3 heterocycles. The van der Waals surface area contributed by atoms with Crippen LogP contribution in [-0.4, -0.2) is 56.0 Å². The minimum absolute atomic E-state index is 0. The van der Waals surface area contributed by atoms with Gasteiger partial charge in [-0.1, -0.05) is 24.3 Å². The first kappa shape index (κ1) is 32.9. The van der Waals surface area contributed by atoms with Crippen LogP contribution in [0.15, 0.2) is 42.5 Å². The van der Waals surface area contributed by atoms with Gasteiger partial charge in [-0.05, 0) is 74.2 Å². The third-order valence-corrected chi connectivity index (χ3v) is 10.5. The van der Waals surface area contributed by atoms with E-state index in [1.54, 1.807) is 17.4 Å². The van der Waals surface area contributed by atoms with Crippen LogP contribution < -0.4 is 9.46 Å². The van der Waals surface area contributed by atoms with Crippen molar-refractivity contribution in [3.63, 3.8) is 0 Å². The first-order valence-electron chi connectivity index (χ1n) is 13.7. The Morgan fingerprint density at radius 3 is 2.52 bits per heavy atom. The third-order valence-electron chi connectivity index (χ3n) is 7.75. The molecule has 2 aromatic heterocycles. The van der Waals surface area contributed by atoms with Crippen LogP contribution in [0.3, 0.4) is 0 Å². The second-order valence-corrected chi connectivity index (χ2v) is 13.0. The summed E-state index contributed by atoms with van der Waals surface area (Å²) in [6.07, 6.45) is 1.63. The summed E-state index contributed by atoms with van der Waals surface area (Å²) in [6, 6.07) is 13.5. The van der Waals surface area contributed by atoms with Gasteiger partial charge in [0.1, 0.15) is 5.75 Å². The van der Waals surface area contributed by atoms with Gasteiger partial charge in [-0.3, -0.25) is 4.79 Å². The number of pyridine rings is 1. The van der Waals surface area contributed by atoms with Crippen molar-refractivity contribution >= 4 is 48.4 Å². The SMILES string of the molecule is [CH2-]CN(C[CH2-])S(=O)(=O)NC(=O)c1cc(-c2sc3ccccc3c2C)nc2c(C)ccc(O[C@H](C)C3CCOCC3)c12.[U+2]. The van der Waals surface area contributed by atoms with E-state index in [1.807, 2.05) is 45.0 Å². The van der Waals surface area contributed by atoms with Gasteiger partial charge in [0, 0.05) is 17.9 Å². The van der Waals surface area contributed by atoms with Crippen molar-refractivity contribution in [1.29, 1.82) is 0 Å². The van der Waals surface area contributed by atoms with E-state index in [1.165, 1.54) is 0 Å². The third kappa shape index (κ3) is 6.57. The fourth-order valence-electron chi connectivity index (χ4n) is 5.33. The van der Waals surface area contributed by atoms with Gasteiger partial charge < -0.3 is 23.3 Å². The summed E-state index contributed by atoms with van der Waals surface area (Å²) in [4.78, 5) is 19.8. The Bertz CT molecular complexity index is 1700.